The highest BCUT2D eigenvalue weighted by Gasteiger charge is 2.05. The molecule has 0 saturated heterocycles. The van der Waals surface area contributed by atoms with Crippen LogP contribution in [0.15, 0.2) is 36.4 Å². The zero-order chi connectivity index (χ0) is 12.0. The molecule has 0 aliphatic rings. The Kier molecular flexibility index (Phi) is 5.36. The van der Waals surface area contributed by atoms with Gasteiger partial charge in [0.2, 0.25) is 0 Å². The summed E-state index contributed by atoms with van der Waals surface area (Å²) >= 11 is 5.84. The van der Waals surface area contributed by atoms with Gasteiger partial charge in [-0.15, -0.1) is 0 Å². The molecule has 0 spiro atoms. The standard InChI is InChI=1S/C13H18ClNO/c1-3-10(2)7-12(15)9-16-13-6-4-5-11(14)8-13/h4-6,8,12H,2-3,7,9,15H2,1H3. The summed E-state index contributed by atoms with van der Waals surface area (Å²) in [6.07, 6.45) is 1.77. The highest BCUT2D eigenvalue weighted by Crippen LogP contribution is 2.17. The van der Waals surface area contributed by atoms with Gasteiger partial charge in [-0.3, -0.25) is 0 Å². The minimum atomic E-state index is -0.00793. The van der Waals surface area contributed by atoms with Crippen LogP contribution in [0.1, 0.15) is 19.8 Å². The summed E-state index contributed by atoms with van der Waals surface area (Å²) in [6, 6.07) is 7.31. The molecular weight excluding hydrogens is 222 g/mol. The number of ether oxygens (including phenoxy) is 1. The van der Waals surface area contributed by atoms with Gasteiger partial charge >= 0.3 is 0 Å². The first-order chi connectivity index (χ1) is 7.61. The van der Waals surface area contributed by atoms with Crippen molar-refractivity contribution in [2.45, 2.75) is 25.8 Å². The number of rotatable bonds is 6. The van der Waals surface area contributed by atoms with E-state index < -0.39 is 0 Å². The number of hydrogen-bond donors (Lipinski definition) is 1. The van der Waals surface area contributed by atoms with Gasteiger partial charge in [-0.1, -0.05) is 36.7 Å². The Bertz CT molecular complexity index is 352. The van der Waals surface area contributed by atoms with Crippen molar-refractivity contribution in [1.82, 2.24) is 0 Å². The van der Waals surface area contributed by atoms with Gasteiger partial charge in [0.05, 0.1) is 0 Å². The molecule has 3 heteroatoms. The molecule has 1 atom stereocenters. The zero-order valence-corrected chi connectivity index (χ0v) is 10.3. The molecule has 0 radical (unpaired) electrons. The summed E-state index contributed by atoms with van der Waals surface area (Å²) in [5.41, 5.74) is 7.07. The number of hydrogen-bond acceptors (Lipinski definition) is 2. The van der Waals surface area contributed by atoms with E-state index in [1.54, 1.807) is 6.07 Å². The molecule has 0 saturated carbocycles. The lowest BCUT2D eigenvalue weighted by Crippen LogP contribution is -2.28. The first-order valence-corrected chi connectivity index (χ1v) is 5.80. The van der Waals surface area contributed by atoms with Crippen LogP contribution in [0.4, 0.5) is 0 Å². The molecule has 0 aromatic heterocycles. The van der Waals surface area contributed by atoms with E-state index in [1.807, 2.05) is 18.2 Å². The molecule has 16 heavy (non-hydrogen) atoms. The van der Waals surface area contributed by atoms with Gasteiger partial charge in [-0.25, -0.2) is 0 Å². The van der Waals surface area contributed by atoms with E-state index >= 15 is 0 Å². The third kappa shape index (κ3) is 4.69. The summed E-state index contributed by atoms with van der Waals surface area (Å²) in [4.78, 5) is 0. The molecule has 0 aliphatic heterocycles. The maximum absolute atomic E-state index is 5.92. The maximum Gasteiger partial charge on any atom is 0.120 e. The van der Waals surface area contributed by atoms with Gasteiger partial charge in [-0.2, -0.15) is 0 Å². The average molecular weight is 240 g/mol. The largest absolute Gasteiger partial charge is 0.492 e. The summed E-state index contributed by atoms with van der Waals surface area (Å²) < 4.78 is 5.54. The Morgan fingerprint density at radius 2 is 2.31 bits per heavy atom. The van der Waals surface area contributed by atoms with Crippen molar-refractivity contribution < 1.29 is 4.74 Å². The summed E-state index contributed by atoms with van der Waals surface area (Å²) in [5, 5.41) is 0.670. The third-order valence-corrected chi connectivity index (χ3v) is 2.55. The molecule has 0 amide bonds. The average Bonchev–Trinajstić information content (AvgIpc) is 2.26. The van der Waals surface area contributed by atoms with Gasteiger partial charge in [-0.05, 0) is 31.0 Å². The van der Waals surface area contributed by atoms with Crippen LogP contribution in [0.3, 0.4) is 0 Å². The Hall–Kier alpha value is -0.990. The highest BCUT2D eigenvalue weighted by atomic mass is 35.5. The fourth-order valence-electron chi connectivity index (χ4n) is 1.33. The van der Waals surface area contributed by atoms with Crippen molar-refractivity contribution in [3.8, 4) is 5.75 Å². The number of nitrogens with two attached hydrogens (primary N) is 1. The van der Waals surface area contributed by atoms with E-state index in [0.717, 1.165) is 24.2 Å². The topological polar surface area (TPSA) is 35.2 Å². The Morgan fingerprint density at radius 3 is 2.94 bits per heavy atom. The van der Waals surface area contributed by atoms with Crippen molar-refractivity contribution in [2.24, 2.45) is 5.73 Å². The Balaban J connectivity index is 2.37. The molecule has 1 rings (SSSR count). The highest BCUT2D eigenvalue weighted by molar-refractivity contribution is 6.30. The monoisotopic (exact) mass is 239 g/mol. The SMILES string of the molecule is C=C(CC)CC(N)COc1cccc(Cl)c1. The van der Waals surface area contributed by atoms with Gasteiger partial charge in [0.1, 0.15) is 12.4 Å². The predicted octanol–water partition coefficient (Wildman–Crippen LogP) is 3.40. The van der Waals surface area contributed by atoms with Gasteiger partial charge in [0.15, 0.2) is 0 Å². The van der Waals surface area contributed by atoms with Crippen LogP contribution in [0, 0.1) is 0 Å². The molecule has 1 aromatic carbocycles. The fraction of sp³-hybridized carbons (Fsp3) is 0.385. The summed E-state index contributed by atoms with van der Waals surface area (Å²) in [7, 11) is 0. The van der Waals surface area contributed by atoms with E-state index in [0.29, 0.717) is 11.6 Å². The second-order valence-corrected chi connectivity index (χ2v) is 4.27. The first-order valence-electron chi connectivity index (χ1n) is 5.42. The van der Waals surface area contributed by atoms with Crippen LogP contribution >= 0.6 is 11.6 Å². The lowest BCUT2D eigenvalue weighted by Gasteiger charge is -2.14. The maximum atomic E-state index is 5.92. The summed E-state index contributed by atoms with van der Waals surface area (Å²) in [5.74, 6) is 0.755. The van der Waals surface area contributed by atoms with Crippen LogP contribution in [0.5, 0.6) is 5.75 Å². The zero-order valence-electron chi connectivity index (χ0n) is 9.58. The fourth-order valence-corrected chi connectivity index (χ4v) is 1.51. The minimum absolute atomic E-state index is 0.00793. The second-order valence-electron chi connectivity index (χ2n) is 3.84. The second kappa shape index (κ2) is 6.56. The quantitative estimate of drug-likeness (QED) is 0.773. The molecule has 0 fully saturated rings. The van der Waals surface area contributed by atoms with Crippen molar-refractivity contribution in [3.05, 3.63) is 41.4 Å². The summed E-state index contributed by atoms with van der Waals surface area (Å²) in [6.45, 7) is 6.49. The van der Waals surface area contributed by atoms with Crippen LogP contribution in [-0.4, -0.2) is 12.6 Å². The molecule has 88 valence electrons. The van der Waals surface area contributed by atoms with Gasteiger partial charge in [0, 0.05) is 11.1 Å². The normalized spacial score (nSPS) is 12.2. The van der Waals surface area contributed by atoms with Gasteiger partial charge < -0.3 is 10.5 Å². The number of halogens is 1. The molecule has 1 unspecified atom stereocenters. The van der Waals surface area contributed by atoms with Crippen molar-refractivity contribution in [2.75, 3.05) is 6.61 Å². The van der Waals surface area contributed by atoms with E-state index in [4.69, 9.17) is 22.1 Å². The predicted molar refractivity (Wildman–Crippen MR) is 69.0 cm³/mol. The van der Waals surface area contributed by atoms with Crippen molar-refractivity contribution >= 4 is 11.6 Å². The van der Waals surface area contributed by atoms with E-state index in [2.05, 4.69) is 13.5 Å². The first kappa shape index (κ1) is 13.1. The smallest absolute Gasteiger partial charge is 0.120 e. The number of benzene rings is 1. The molecule has 1 aromatic rings. The Labute approximate surface area is 102 Å². The lowest BCUT2D eigenvalue weighted by molar-refractivity contribution is 0.287. The van der Waals surface area contributed by atoms with Gasteiger partial charge in [0.25, 0.3) is 0 Å². The molecule has 2 N–H and O–H groups in total. The molecular formula is C13H18ClNO. The van der Waals surface area contributed by atoms with E-state index in [1.165, 1.54) is 0 Å². The molecule has 0 heterocycles. The van der Waals surface area contributed by atoms with Crippen molar-refractivity contribution in [3.63, 3.8) is 0 Å². The molecule has 2 nitrogen and oxygen atoms in total. The lowest BCUT2D eigenvalue weighted by atomic mass is 10.1. The van der Waals surface area contributed by atoms with Crippen molar-refractivity contribution in [1.29, 1.82) is 0 Å². The van der Waals surface area contributed by atoms with Crippen LogP contribution in [-0.2, 0) is 0 Å². The molecule has 0 bridgehead atoms. The van der Waals surface area contributed by atoms with E-state index in [9.17, 15) is 0 Å². The minimum Gasteiger partial charge on any atom is -0.492 e. The molecule has 0 aliphatic carbocycles. The van der Waals surface area contributed by atoms with Crippen LogP contribution in [0.2, 0.25) is 5.02 Å². The van der Waals surface area contributed by atoms with Crippen LogP contribution < -0.4 is 10.5 Å². The Morgan fingerprint density at radius 1 is 1.56 bits per heavy atom. The van der Waals surface area contributed by atoms with Crippen LogP contribution in [0.25, 0.3) is 0 Å². The third-order valence-electron chi connectivity index (χ3n) is 2.31. The van der Waals surface area contributed by atoms with E-state index in [-0.39, 0.29) is 6.04 Å².